The first-order chi connectivity index (χ1) is 3.60. The lowest BCUT2D eigenvalue weighted by Crippen LogP contribution is -1.87. The molecule has 1 rings (SSSR count). The monoisotopic (exact) mass is 132 g/mol. The van der Waals surface area contributed by atoms with Crippen molar-refractivity contribution in [3.05, 3.63) is 0 Å². The van der Waals surface area contributed by atoms with Gasteiger partial charge in [0.1, 0.15) is 0 Å². The van der Waals surface area contributed by atoms with Crippen LogP contribution in [0.15, 0.2) is 0 Å². The maximum Gasteiger partial charge on any atom is 0.0851 e. The van der Waals surface area contributed by atoms with Crippen LogP contribution >= 0.6 is 7.14 Å². The van der Waals surface area contributed by atoms with Crippen LogP contribution < -0.4 is 0 Å². The van der Waals surface area contributed by atoms with Crippen molar-refractivity contribution in [1.82, 2.24) is 0 Å². The average molecular weight is 132 g/mol. The van der Waals surface area contributed by atoms with E-state index in [9.17, 15) is 4.57 Å². The Morgan fingerprint density at radius 2 is 2.25 bits per heavy atom. The summed E-state index contributed by atoms with van der Waals surface area (Å²) in [5.41, 5.74) is 0. The van der Waals surface area contributed by atoms with Crippen LogP contribution in [0.3, 0.4) is 0 Å². The van der Waals surface area contributed by atoms with Crippen LogP contribution in [-0.4, -0.2) is 19.0 Å². The van der Waals surface area contributed by atoms with E-state index >= 15 is 0 Å². The van der Waals surface area contributed by atoms with E-state index in [4.69, 9.17) is 0 Å². The van der Waals surface area contributed by atoms with Gasteiger partial charge in [0.15, 0.2) is 0 Å². The molecule has 1 aliphatic heterocycles. The molecule has 0 aromatic carbocycles. The van der Waals surface area contributed by atoms with Gasteiger partial charge < -0.3 is 4.57 Å². The largest absolute Gasteiger partial charge is 0.324 e. The SMILES string of the molecule is C[C@H]1CC[P@](C)(=O)C1. The van der Waals surface area contributed by atoms with Crippen molar-refractivity contribution in [2.45, 2.75) is 13.3 Å². The summed E-state index contributed by atoms with van der Waals surface area (Å²) in [5.74, 6) is 0.728. The molecule has 0 bridgehead atoms. The normalized spacial score (nSPS) is 47.5. The Bertz CT molecular complexity index is 130. The first kappa shape index (κ1) is 6.35. The van der Waals surface area contributed by atoms with Crippen LogP contribution in [0.25, 0.3) is 0 Å². The number of hydrogen-bond donors (Lipinski definition) is 0. The molecule has 1 aliphatic rings. The van der Waals surface area contributed by atoms with E-state index in [1.807, 2.05) is 6.66 Å². The highest BCUT2D eigenvalue weighted by Crippen LogP contribution is 2.50. The third-order valence-electron chi connectivity index (χ3n) is 1.79. The van der Waals surface area contributed by atoms with E-state index in [-0.39, 0.29) is 0 Å². The zero-order valence-electron chi connectivity index (χ0n) is 5.55. The first-order valence-electron chi connectivity index (χ1n) is 3.16. The summed E-state index contributed by atoms with van der Waals surface area (Å²) in [6.07, 6.45) is 3.18. The van der Waals surface area contributed by atoms with Gasteiger partial charge in [0.05, 0.1) is 7.14 Å². The summed E-state index contributed by atoms with van der Waals surface area (Å²) in [6.45, 7) is 4.11. The molecular formula is C6H13OP. The zero-order chi connectivity index (χ0) is 6.20. The van der Waals surface area contributed by atoms with Crippen LogP contribution in [0.2, 0.25) is 0 Å². The Hall–Kier alpha value is 0.230. The predicted octanol–water partition coefficient (Wildman–Crippen LogP) is 2.02. The van der Waals surface area contributed by atoms with Crippen LogP contribution in [0.1, 0.15) is 13.3 Å². The molecule has 0 spiro atoms. The first-order valence-corrected chi connectivity index (χ1v) is 5.68. The second-order valence-electron chi connectivity index (χ2n) is 3.10. The van der Waals surface area contributed by atoms with Crippen molar-refractivity contribution in [3.63, 3.8) is 0 Å². The second-order valence-corrected chi connectivity index (χ2v) is 6.50. The quantitative estimate of drug-likeness (QED) is 0.461. The minimum absolute atomic E-state index is 0.728. The molecule has 0 N–H and O–H groups in total. The van der Waals surface area contributed by atoms with Crippen LogP contribution in [-0.2, 0) is 4.57 Å². The molecule has 2 heteroatoms. The summed E-state index contributed by atoms with van der Waals surface area (Å²) in [6, 6.07) is 0. The Morgan fingerprint density at radius 3 is 2.38 bits per heavy atom. The van der Waals surface area contributed by atoms with E-state index in [1.165, 1.54) is 6.42 Å². The molecule has 0 aromatic rings. The van der Waals surface area contributed by atoms with Gasteiger partial charge in [0.25, 0.3) is 0 Å². The molecule has 0 amide bonds. The predicted molar refractivity (Wildman–Crippen MR) is 37.0 cm³/mol. The summed E-state index contributed by atoms with van der Waals surface area (Å²) in [7, 11) is -1.60. The van der Waals surface area contributed by atoms with E-state index in [0.717, 1.165) is 18.2 Å². The van der Waals surface area contributed by atoms with Gasteiger partial charge in [-0.15, -0.1) is 0 Å². The summed E-state index contributed by atoms with van der Waals surface area (Å²) in [5, 5.41) is 0. The molecule has 2 atom stereocenters. The molecule has 0 radical (unpaired) electrons. The maximum absolute atomic E-state index is 11.2. The molecule has 48 valence electrons. The molecule has 8 heavy (non-hydrogen) atoms. The van der Waals surface area contributed by atoms with Crippen molar-refractivity contribution in [1.29, 1.82) is 0 Å². The van der Waals surface area contributed by atoms with Gasteiger partial charge in [-0.1, -0.05) is 6.92 Å². The Labute approximate surface area is 50.8 Å². The smallest absolute Gasteiger partial charge is 0.0851 e. The van der Waals surface area contributed by atoms with Crippen LogP contribution in [0, 0.1) is 5.92 Å². The van der Waals surface area contributed by atoms with Crippen molar-refractivity contribution in [2.24, 2.45) is 5.92 Å². The lowest BCUT2D eigenvalue weighted by Gasteiger charge is -1.99. The number of hydrogen-bond acceptors (Lipinski definition) is 1. The molecule has 0 aromatic heterocycles. The van der Waals surface area contributed by atoms with Gasteiger partial charge >= 0.3 is 0 Å². The summed E-state index contributed by atoms with van der Waals surface area (Å²) >= 11 is 0. The Morgan fingerprint density at radius 1 is 1.62 bits per heavy atom. The van der Waals surface area contributed by atoms with E-state index < -0.39 is 7.14 Å². The summed E-state index contributed by atoms with van der Waals surface area (Å²) < 4.78 is 11.2. The van der Waals surface area contributed by atoms with Crippen molar-refractivity contribution in [3.8, 4) is 0 Å². The van der Waals surface area contributed by atoms with Crippen molar-refractivity contribution >= 4 is 7.14 Å². The lowest BCUT2D eigenvalue weighted by molar-refractivity contribution is 0.581. The highest BCUT2D eigenvalue weighted by atomic mass is 31.2. The maximum atomic E-state index is 11.2. The Kier molecular flexibility index (Phi) is 1.49. The third-order valence-corrected chi connectivity index (χ3v) is 4.39. The third kappa shape index (κ3) is 1.35. The van der Waals surface area contributed by atoms with Gasteiger partial charge in [-0.3, -0.25) is 0 Å². The van der Waals surface area contributed by atoms with Crippen molar-refractivity contribution in [2.75, 3.05) is 19.0 Å². The van der Waals surface area contributed by atoms with Crippen LogP contribution in [0.5, 0.6) is 0 Å². The standard InChI is InChI=1S/C6H13OP/c1-6-3-4-8(2,7)5-6/h6H,3-5H2,1-2H3/t6-,8-/m0/s1. The van der Waals surface area contributed by atoms with Gasteiger partial charge in [-0.05, 0) is 19.0 Å². The van der Waals surface area contributed by atoms with E-state index in [0.29, 0.717) is 0 Å². The fraction of sp³-hybridized carbons (Fsp3) is 1.00. The molecule has 0 saturated carbocycles. The van der Waals surface area contributed by atoms with E-state index in [1.54, 1.807) is 0 Å². The molecule has 0 aliphatic carbocycles. The fourth-order valence-electron chi connectivity index (χ4n) is 1.34. The van der Waals surface area contributed by atoms with Gasteiger partial charge in [0.2, 0.25) is 0 Å². The highest BCUT2D eigenvalue weighted by Gasteiger charge is 2.26. The Balaban J connectivity index is 2.57. The second kappa shape index (κ2) is 1.88. The molecule has 1 nitrogen and oxygen atoms in total. The van der Waals surface area contributed by atoms with Gasteiger partial charge in [-0.25, -0.2) is 0 Å². The lowest BCUT2D eigenvalue weighted by atomic mass is 10.2. The number of rotatable bonds is 0. The zero-order valence-corrected chi connectivity index (χ0v) is 6.45. The average Bonchev–Trinajstić information content (AvgIpc) is 1.82. The molecule has 1 saturated heterocycles. The molecule has 1 heterocycles. The fourth-order valence-corrected chi connectivity index (χ4v) is 4.01. The highest BCUT2D eigenvalue weighted by molar-refractivity contribution is 7.63. The minimum atomic E-state index is -1.60. The van der Waals surface area contributed by atoms with Crippen LogP contribution in [0.4, 0.5) is 0 Å². The molecular weight excluding hydrogens is 119 g/mol. The summed E-state index contributed by atoms with van der Waals surface area (Å²) in [4.78, 5) is 0. The van der Waals surface area contributed by atoms with Crippen molar-refractivity contribution < 1.29 is 4.57 Å². The molecule has 1 fully saturated rings. The minimum Gasteiger partial charge on any atom is -0.324 e. The molecule has 0 unspecified atom stereocenters. The van der Waals surface area contributed by atoms with Gasteiger partial charge in [0, 0.05) is 12.3 Å². The van der Waals surface area contributed by atoms with E-state index in [2.05, 4.69) is 6.92 Å². The topological polar surface area (TPSA) is 17.1 Å². The van der Waals surface area contributed by atoms with Gasteiger partial charge in [-0.2, -0.15) is 0 Å².